The van der Waals surface area contributed by atoms with Gasteiger partial charge in [0.1, 0.15) is 6.10 Å². The highest BCUT2D eigenvalue weighted by molar-refractivity contribution is 4.87. The number of ether oxygens (including phenoxy) is 1. The van der Waals surface area contributed by atoms with E-state index in [1.54, 1.807) is 7.11 Å². The average molecular weight is 111 g/mol. The first-order valence-corrected chi connectivity index (χ1v) is 2.80. The minimum absolute atomic E-state index is 0.0833. The van der Waals surface area contributed by atoms with Crippen molar-refractivity contribution in [3.8, 4) is 5.92 Å². The minimum Gasteiger partial charge on any atom is -0.369 e. The summed E-state index contributed by atoms with van der Waals surface area (Å²) in [7, 11) is 1.60. The molecule has 0 rings (SSSR count). The molecule has 8 heavy (non-hydrogen) atoms. The highest BCUT2D eigenvalue weighted by Crippen LogP contribution is 1.97. The van der Waals surface area contributed by atoms with Gasteiger partial charge in [-0.05, 0) is 12.8 Å². The molecule has 1 nitrogen and oxygen atoms in total. The van der Waals surface area contributed by atoms with Gasteiger partial charge in [-0.15, -0.1) is 0 Å². The fourth-order valence-corrected chi connectivity index (χ4v) is 0.511. The van der Waals surface area contributed by atoms with Crippen LogP contribution in [0.25, 0.3) is 0 Å². The van der Waals surface area contributed by atoms with Gasteiger partial charge in [-0.2, -0.15) is 0 Å². The fourth-order valence-electron chi connectivity index (χ4n) is 0.511. The summed E-state index contributed by atoms with van der Waals surface area (Å²) in [6.07, 6.45) is 8.55. The van der Waals surface area contributed by atoms with Crippen molar-refractivity contribution in [2.24, 2.45) is 0 Å². The molecule has 1 radical (unpaired) electrons. The summed E-state index contributed by atoms with van der Waals surface area (Å²) in [6, 6.07) is 0. The van der Waals surface area contributed by atoms with E-state index in [1.165, 1.54) is 0 Å². The largest absolute Gasteiger partial charge is 0.369 e. The van der Waals surface area contributed by atoms with E-state index >= 15 is 0 Å². The van der Waals surface area contributed by atoms with Gasteiger partial charge in [-0.1, -0.05) is 19.3 Å². The molecular weight excluding hydrogens is 100 g/mol. The van der Waals surface area contributed by atoms with Crippen LogP contribution in [-0.4, -0.2) is 13.2 Å². The van der Waals surface area contributed by atoms with Crippen molar-refractivity contribution in [1.82, 2.24) is 0 Å². The van der Waals surface area contributed by atoms with Crippen LogP contribution in [0.1, 0.15) is 19.8 Å². The van der Waals surface area contributed by atoms with Crippen LogP contribution in [0.15, 0.2) is 0 Å². The summed E-state index contributed by atoms with van der Waals surface area (Å²) in [5.74, 6) is 2.28. The quantitative estimate of drug-likeness (QED) is 0.500. The van der Waals surface area contributed by atoms with Gasteiger partial charge in [0.05, 0.1) is 0 Å². The van der Waals surface area contributed by atoms with Crippen LogP contribution in [-0.2, 0) is 4.74 Å². The first-order chi connectivity index (χ1) is 3.85. The van der Waals surface area contributed by atoms with Gasteiger partial charge < -0.3 is 4.74 Å². The predicted molar refractivity (Wildman–Crippen MR) is 32.8 cm³/mol. The molecule has 0 aromatic heterocycles. The molecule has 0 saturated carbocycles. The van der Waals surface area contributed by atoms with Crippen molar-refractivity contribution in [1.29, 1.82) is 0 Å². The highest BCUT2D eigenvalue weighted by Gasteiger charge is 1.97. The Balaban J connectivity index is 3.26. The highest BCUT2D eigenvalue weighted by atomic mass is 16.5. The molecule has 1 atom stereocenters. The summed E-state index contributed by atoms with van der Waals surface area (Å²) in [4.78, 5) is 0. The Bertz CT molecular complexity index is 80.9. The van der Waals surface area contributed by atoms with Gasteiger partial charge in [-0.25, -0.2) is 0 Å². The third-order valence-electron chi connectivity index (χ3n) is 0.996. The van der Waals surface area contributed by atoms with E-state index in [9.17, 15) is 0 Å². The first-order valence-electron chi connectivity index (χ1n) is 2.80. The molecule has 0 aliphatic rings. The van der Waals surface area contributed by atoms with Crippen molar-refractivity contribution in [2.75, 3.05) is 7.11 Å². The number of hydrogen-bond donors (Lipinski definition) is 0. The molecular formula is C7H11O. The Morgan fingerprint density at radius 3 is 2.50 bits per heavy atom. The number of rotatable bonds is 3. The smallest absolute Gasteiger partial charge is 0.118 e. The summed E-state index contributed by atoms with van der Waals surface area (Å²) >= 11 is 0. The van der Waals surface area contributed by atoms with Crippen molar-refractivity contribution in [2.45, 2.75) is 25.9 Å². The minimum atomic E-state index is -0.0833. The molecule has 0 spiro atoms. The van der Waals surface area contributed by atoms with E-state index in [-0.39, 0.29) is 6.10 Å². The molecule has 0 saturated heterocycles. The molecule has 1 unspecified atom stereocenters. The third-order valence-corrected chi connectivity index (χ3v) is 0.996. The Hall–Kier alpha value is -0.480. The molecule has 45 valence electrons. The van der Waals surface area contributed by atoms with E-state index < -0.39 is 0 Å². The van der Waals surface area contributed by atoms with Crippen LogP contribution in [0.2, 0.25) is 0 Å². The second kappa shape index (κ2) is 4.67. The van der Waals surface area contributed by atoms with E-state index in [4.69, 9.17) is 11.2 Å². The van der Waals surface area contributed by atoms with Crippen molar-refractivity contribution < 1.29 is 4.74 Å². The van der Waals surface area contributed by atoms with E-state index in [0.29, 0.717) is 0 Å². The topological polar surface area (TPSA) is 9.23 Å². The standard InChI is InChI=1S/C7H11O/c1-4-6-7(5-2)8-3/h7H,4,6H2,1,3H3. The monoisotopic (exact) mass is 111 g/mol. The van der Waals surface area contributed by atoms with Crippen molar-refractivity contribution >= 4 is 0 Å². The molecule has 0 aromatic rings. The predicted octanol–water partition coefficient (Wildman–Crippen LogP) is 1.39. The van der Waals surface area contributed by atoms with E-state index in [0.717, 1.165) is 12.8 Å². The number of hydrogen-bond acceptors (Lipinski definition) is 1. The lowest BCUT2D eigenvalue weighted by Crippen LogP contribution is -2.05. The van der Waals surface area contributed by atoms with Crippen LogP contribution >= 0.6 is 0 Å². The zero-order valence-corrected chi connectivity index (χ0v) is 5.40. The van der Waals surface area contributed by atoms with Crippen molar-refractivity contribution in [3.63, 3.8) is 0 Å². The molecule has 0 aromatic carbocycles. The van der Waals surface area contributed by atoms with Crippen LogP contribution < -0.4 is 0 Å². The van der Waals surface area contributed by atoms with Crippen LogP contribution in [0, 0.1) is 12.3 Å². The summed E-state index contributed by atoms with van der Waals surface area (Å²) in [6.45, 7) is 2.06. The Labute approximate surface area is 51.0 Å². The zero-order valence-electron chi connectivity index (χ0n) is 5.40. The summed E-state index contributed by atoms with van der Waals surface area (Å²) in [5, 5.41) is 0. The second-order valence-electron chi connectivity index (χ2n) is 1.66. The maximum Gasteiger partial charge on any atom is 0.118 e. The average Bonchev–Trinajstić information content (AvgIpc) is 1.83. The van der Waals surface area contributed by atoms with Crippen LogP contribution in [0.3, 0.4) is 0 Å². The van der Waals surface area contributed by atoms with E-state index in [1.807, 2.05) is 0 Å². The Morgan fingerprint density at radius 2 is 2.38 bits per heavy atom. The second-order valence-corrected chi connectivity index (χ2v) is 1.66. The molecule has 1 heteroatoms. The normalized spacial score (nSPS) is 12.6. The summed E-state index contributed by atoms with van der Waals surface area (Å²) in [5.41, 5.74) is 0. The lowest BCUT2D eigenvalue weighted by Gasteiger charge is -2.03. The molecule has 0 fully saturated rings. The van der Waals surface area contributed by atoms with Crippen LogP contribution in [0.5, 0.6) is 0 Å². The molecule has 0 heterocycles. The van der Waals surface area contributed by atoms with Crippen molar-refractivity contribution in [3.05, 3.63) is 6.42 Å². The molecule has 0 amide bonds. The van der Waals surface area contributed by atoms with E-state index in [2.05, 4.69) is 12.8 Å². The fraction of sp³-hybridized carbons (Fsp3) is 0.714. The Morgan fingerprint density at radius 1 is 1.75 bits per heavy atom. The maximum absolute atomic E-state index is 6.69. The van der Waals surface area contributed by atoms with Gasteiger partial charge in [0, 0.05) is 7.11 Å². The lowest BCUT2D eigenvalue weighted by atomic mass is 10.2. The van der Waals surface area contributed by atoms with Gasteiger partial charge in [0.2, 0.25) is 0 Å². The zero-order chi connectivity index (χ0) is 6.41. The van der Waals surface area contributed by atoms with Gasteiger partial charge in [0.25, 0.3) is 0 Å². The van der Waals surface area contributed by atoms with Gasteiger partial charge in [0.15, 0.2) is 0 Å². The SMILES string of the molecule is [C]#CC(CCC)OC. The number of methoxy groups -OCH3 is 1. The molecule has 0 bridgehead atoms. The van der Waals surface area contributed by atoms with Gasteiger partial charge in [-0.3, -0.25) is 0 Å². The lowest BCUT2D eigenvalue weighted by molar-refractivity contribution is 0.140. The molecule has 0 aliphatic heterocycles. The van der Waals surface area contributed by atoms with Gasteiger partial charge >= 0.3 is 0 Å². The molecule has 0 aliphatic carbocycles. The maximum atomic E-state index is 6.69. The molecule has 0 N–H and O–H groups in total. The third kappa shape index (κ3) is 2.65. The summed E-state index contributed by atoms with van der Waals surface area (Å²) < 4.78 is 4.84. The first kappa shape index (κ1) is 7.52. The van der Waals surface area contributed by atoms with Crippen LogP contribution in [0.4, 0.5) is 0 Å². The Kier molecular flexibility index (Phi) is 4.39.